The Kier molecular flexibility index (Phi) is 7.94. The molecule has 146 valence electrons. The Bertz CT molecular complexity index is 713. The fraction of sp³-hybridized carbons (Fsp3) is 0.522. The smallest absolute Gasteiger partial charge is 0.303 e. The molecule has 0 bridgehead atoms. The molecule has 4 unspecified atom stereocenters. The normalized spacial score (nSPS) is 22.9. The molecule has 4 nitrogen and oxygen atoms in total. The lowest BCUT2D eigenvalue weighted by Crippen LogP contribution is -2.13. The number of aryl methyl sites for hydroxylation is 1. The van der Waals surface area contributed by atoms with E-state index in [0.29, 0.717) is 18.8 Å². The van der Waals surface area contributed by atoms with Crippen molar-refractivity contribution in [3.63, 3.8) is 0 Å². The van der Waals surface area contributed by atoms with Gasteiger partial charge in [-0.25, -0.2) is 0 Å². The summed E-state index contributed by atoms with van der Waals surface area (Å²) in [6, 6.07) is 5.91. The maximum atomic E-state index is 10.6. The zero-order valence-electron chi connectivity index (χ0n) is 16.3. The monoisotopic (exact) mass is 370 g/mol. The number of para-hydroxylation sites is 1. The molecular formula is C23H30O4. The minimum absolute atomic E-state index is 0.0704. The SMILES string of the molecule is C=CCC(C)CC#CC.O=C(O)CCc1cccc2c1OC1CC(O)CC21. The number of allylic oxidation sites excluding steroid dienone is 1. The van der Waals surface area contributed by atoms with E-state index in [1.54, 1.807) is 0 Å². The van der Waals surface area contributed by atoms with Gasteiger partial charge < -0.3 is 14.9 Å². The number of aliphatic hydroxyl groups excluding tert-OH is 1. The maximum Gasteiger partial charge on any atom is 0.303 e. The lowest BCUT2D eigenvalue weighted by atomic mass is 9.95. The van der Waals surface area contributed by atoms with E-state index >= 15 is 0 Å². The van der Waals surface area contributed by atoms with Crippen molar-refractivity contribution in [3.8, 4) is 17.6 Å². The summed E-state index contributed by atoms with van der Waals surface area (Å²) < 4.78 is 5.91. The Balaban J connectivity index is 0.000000249. The van der Waals surface area contributed by atoms with Crippen LogP contribution in [0.3, 0.4) is 0 Å². The summed E-state index contributed by atoms with van der Waals surface area (Å²) >= 11 is 0. The highest BCUT2D eigenvalue weighted by molar-refractivity contribution is 5.67. The number of carboxylic acids is 1. The van der Waals surface area contributed by atoms with Crippen LogP contribution in [0, 0.1) is 17.8 Å². The fourth-order valence-electron chi connectivity index (χ4n) is 3.71. The molecule has 2 aliphatic rings. The number of carboxylic acid groups (broad SMARTS) is 1. The van der Waals surface area contributed by atoms with Crippen molar-refractivity contribution in [3.05, 3.63) is 42.0 Å². The minimum atomic E-state index is -0.791. The highest BCUT2D eigenvalue weighted by atomic mass is 16.5. The summed E-state index contributed by atoms with van der Waals surface area (Å²) in [5, 5.41) is 18.4. The number of aliphatic hydroxyl groups is 1. The Morgan fingerprint density at radius 2 is 2.22 bits per heavy atom. The molecule has 0 spiro atoms. The van der Waals surface area contributed by atoms with Gasteiger partial charge >= 0.3 is 5.97 Å². The van der Waals surface area contributed by atoms with Crippen molar-refractivity contribution in [2.24, 2.45) is 5.92 Å². The van der Waals surface area contributed by atoms with Gasteiger partial charge in [-0.3, -0.25) is 4.79 Å². The molecule has 0 saturated heterocycles. The zero-order valence-corrected chi connectivity index (χ0v) is 16.3. The number of hydrogen-bond donors (Lipinski definition) is 2. The van der Waals surface area contributed by atoms with Crippen LogP contribution < -0.4 is 4.74 Å². The van der Waals surface area contributed by atoms with E-state index in [1.807, 2.05) is 31.2 Å². The van der Waals surface area contributed by atoms with Gasteiger partial charge in [0.25, 0.3) is 0 Å². The van der Waals surface area contributed by atoms with Crippen molar-refractivity contribution >= 4 is 5.97 Å². The quantitative estimate of drug-likeness (QED) is 0.578. The summed E-state index contributed by atoms with van der Waals surface area (Å²) in [6.45, 7) is 7.72. The van der Waals surface area contributed by atoms with E-state index in [2.05, 4.69) is 25.3 Å². The van der Waals surface area contributed by atoms with Gasteiger partial charge in [0.15, 0.2) is 0 Å². The van der Waals surface area contributed by atoms with Crippen LogP contribution in [0.15, 0.2) is 30.9 Å². The number of hydrogen-bond acceptors (Lipinski definition) is 3. The third-order valence-electron chi connectivity index (χ3n) is 5.08. The molecule has 4 atom stereocenters. The molecule has 0 radical (unpaired) electrons. The van der Waals surface area contributed by atoms with Gasteiger partial charge in [-0.2, -0.15) is 0 Å². The fourth-order valence-corrected chi connectivity index (χ4v) is 3.71. The predicted molar refractivity (Wildman–Crippen MR) is 107 cm³/mol. The molecule has 2 N–H and O–H groups in total. The second-order valence-electron chi connectivity index (χ2n) is 7.38. The molecule has 4 heteroatoms. The molecular weight excluding hydrogens is 340 g/mol. The molecule has 1 heterocycles. The second-order valence-corrected chi connectivity index (χ2v) is 7.38. The van der Waals surface area contributed by atoms with E-state index in [-0.39, 0.29) is 24.5 Å². The molecule has 27 heavy (non-hydrogen) atoms. The molecule has 1 aliphatic heterocycles. The zero-order chi connectivity index (χ0) is 19.8. The summed E-state index contributed by atoms with van der Waals surface area (Å²) in [5.41, 5.74) is 2.11. The van der Waals surface area contributed by atoms with Crippen LogP contribution in [0.25, 0.3) is 0 Å². The van der Waals surface area contributed by atoms with Crippen LogP contribution in [0.2, 0.25) is 0 Å². The molecule has 3 rings (SSSR count). The number of fused-ring (bicyclic) bond motifs is 3. The summed E-state index contributed by atoms with van der Waals surface area (Å²) in [4.78, 5) is 10.6. The third kappa shape index (κ3) is 5.87. The molecule has 0 amide bonds. The second kappa shape index (κ2) is 10.2. The van der Waals surface area contributed by atoms with Crippen molar-refractivity contribution in [2.45, 2.75) is 70.5 Å². The predicted octanol–water partition coefficient (Wildman–Crippen LogP) is 4.32. The Labute approximate surface area is 162 Å². The average Bonchev–Trinajstić information content (AvgIpc) is 3.15. The Morgan fingerprint density at radius 1 is 1.44 bits per heavy atom. The van der Waals surface area contributed by atoms with Crippen LogP contribution in [0.5, 0.6) is 5.75 Å². The summed E-state index contributed by atoms with van der Waals surface area (Å²) in [6.07, 6.45) is 5.88. The van der Waals surface area contributed by atoms with Gasteiger partial charge in [0.2, 0.25) is 0 Å². The van der Waals surface area contributed by atoms with Gasteiger partial charge in [-0.1, -0.05) is 31.2 Å². The number of benzene rings is 1. The Morgan fingerprint density at radius 3 is 2.89 bits per heavy atom. The van der Waals surface area contributed by atoms with E-state index in [1.165, 1.54) is 0 Å². The molecule has 1 fully saturated rings. The lowest BCUT2D eigenvalue weighted by molar-refractivity contribution is -0.136. The van der Waals surface area contributed by atoms with E-state index in [9.17, 15) is 9.90 Å². The highest BCUT2D eigenvalue weighted by Crippen LogP contribution is 2.48. The van der Waals surface area contributed by atoms with Gasteiger partial charge in [0.05, 0.1) is 6.10 Å². The first-order valence-electron chi connectivity index (χ1n) is 9.65. The van der Waals surface area contributed by atoms with Crippen LogP contribution in [0.1, 0.15) is 63.0 Å². The van der Waals surface area contributed by atoms with Crippen LogP contribution in [-0.2, 0) is 11.2 Å². The number of ether oxygens (including phenoxy) is 1. The van der Waals surface area contributed by atoms with Crippen molar-refractivity contribution in [2.75, 3.05) is 0 Å². The van der Waals surface area contributed by atoms with Crippen molar-refractivity contribution < 1.29 is 19.7 Å². The first-order valence-corrected chi connectivity index (χ1v) is 9.65. The third-order valence-corrected chi connectivity index (χ3v) is 5.08. The van der Waals surface area contributed by atoms with Crippen LogP contribution in [0.4, 0.5) is 0 Å². The lowest BCUT2D eigenvalue weighted by Gasteiger charge is -2.11. The largest absolute Gasteiger partial charge is 0.489 e. The average molecular weight is 370 g/mol. The number of aliphatic carboxylic acids is 1. The number of rotatable bonds is 6. The number of carbonyl (C=O) groups is 1. The van der Waals surface area contributed by atoms with Gasteiger partial charge in [-0.15, -0.1) is 18.4 Å². The topological polar surface area (TPSA) is 66.8 Å². The Hall–Kier alpha value is -2.25. The van der Waals surface area contributed by atoms with E-state index in [4.69, 9.17) is 9.84 Å². The summed E-state index contributed by atoms with van der Waals surface area (Å²) in [7, 11) is 0. The van der Waals surface area contributed by atoms with Crippen molar-refractivity contribution in [1.82, 2.24) is 0 Å². The highest BCUT2D eigenvalue weighted by Gasteiger charge is 2.42. The molecule has 1 saturated carbocycles. The van der Waals surface area contributed by atoms with Gasteiger partial charge in [0, 0.05) is 30.7 Å². The summed E-state index contributed by atoms with van der Waals surface area (Å²) in [5.74, 6) is 6.93. The first-order chi connectivity index (χ1) is 13.0. The van der Waals surface area contributed by atoms with Crippen molar-refractivity contribution in [1.29, 1.82) is 0 Å². The minimum Gasteiger partial charge on any atom is -0.489 e. The first kappa shape index (κ1) is 21.1. The molecule has 1 aromatic carbocycles. The maximum absolute atomic E-state index is 10.6. The molecule has 0 aromatic heterocycles. The van der Waals surface area contributed by atoms with Crippen LogP contribution >= 0.6 is 0 Å². The standard InChI is InChI=1S/C14H16O4.C9H14/c15-9-6-11-10-3-1-2-8(4-5-13(16)17)14(10)18-12(11)7-9;1-4-6-8-9(3)7-5-2/h1-3,9,11-12,15H,4-7H2,(H,16,17);5,9H,2,7-8H2,1,3H3. The van der Waals surface area contributed by atoms with Gasteiger partial charge in [-0.05, 0) is 37.7 Å². The van der Waals surface area contributed by atoms with Crippen LogP contribution in [-0.4, -0.2) is 28.4 Å². The molecule has 1 aliphatic carbocycles. The van der Waals surface area contributed by atoms with E-state index < -0.39 is 5.97 Å². The van der Waals surface area contributed by atoms with Gasteiger partial charge in [0.1, 0.15) is 11.9 Å². The van der Waals surface area contributed by atoms with E-state index in [0.717, 1.165) is 36.1 Å². The molecule has 1 aromatic rings.